The van der Waals surface area contributed by atoms with Gasteiger partial charge < -0.3 is 11.1 Å². The third-order valence-corrected chi connectivity index (χ3v) is 4.23. The first-order valence-corrected chi connectivity index (χ1v) is 6.60. The van der Waals surface area contributed by atoms with Crippen LogP contribution >= 0.6 is 22.9 Å². The van der Waals surface area contributed by atoms with Crippen LogP contribution in [0, 0.1) is 0 Å². The zero-order chi connectivity index (χ0) is 11.6. The van der Waals surface area contributed by atoms with Crippen LogP contribution in [0.25, 0.3) is 0 Å². The van der Waals surface area contributed by atoms with Crippen molar-refractivity contribution in [3.05, 3.63) is 22.4 Å². The summed E-state index contributed by atoms with van der Waals surface area (Å²) >= 11 is 3.07. The van der Waals surface area contributed by atoms with Crippen LogP contribution in [0.4, 0.5) is 11.1 Å². The molecular formula is C10H14N4S2. The first-order chi connectivity index (χ1) is 7.58. The molecule has 0 fully saturated rings. The maximum atomic E-state index is 5.46. The number of hydrogen-bond acceptors (Lipinski definition) is 6. The predicted molar refractivity (Wildman–Crippen MR) is 70.2 cm³/mol. The van der Waals surface area contributed by atoms with Crippen LogP contribution in [0.15, 0.2) is 17.5 Å². The van der Waals surface area contributed by atoms with Crippen molar-refractivity contribution in [3.8, 4) is 0 Å². The molecule has 2 aromatic rings. The molecule has 0 bridgehead atoms. The molecule has 2 rings (SSSR count). The van der Waals surface area contributed by atoms with Crippen molar-refractivity contribution in [1.29, 1.82) is 0 Å². The quantitative estimate of drug-likeness (QED) is 0.880. The van der Waals surface area contributed by atoms with Gasteiger partial charge in [-0.3, -0.25) is 0 Å². The summed E-state index contributed by atoms with van der Waals surface area (Å²) in [5, 5.41) is 6.14. The molecule has 4 nitrogen and oxygen atoms in total. The van der Waals surface area contributed by atoms with E-state index >= 15 is 0 Å². The van der Waals surface area contributed by atoms with Crippen LogP contribution in [0.2, 0.25) is 0 Å². The molecule has 0 unspecified atom stereocenters. The molecule has 0 aromatic carbocycles. The normalized spacial score (nSPS) is 11.6. The minimum Gasteiger partial charge on any atom is -0.367 e. The molecule has 0 radical (unpaired) electrons. The second-order valence-electron chi connectivity index (χ2n) is 4.17. The molecule has 0 spiro atoms. The minimum atomic E-state index is 0.0919. The molecule has 3 N–H and O–H groups in total. The summed E-state index contributed by atoms with van der Waals surface area (Å²) in [6.07, 6.45) is 0. The Bertz CT molecular complexity index is 447. The van der Waals surface area contributed by atoms with Gasteiger partial charge in [0.25, 0.3) is 0 Å². The van der Waals surface area contributed by atoms with Gasteiger partial charge in [0.2, 0.25) is 11.1 Å². The first kappa shape index (κ1) is 11.3. The maximum Gasteiger partial charge on any atom is 0.233 e. The van der Waals surface area contributed by atoms with Crippen molar-refractivity contribution in [3.63, 3.8) is 0 Å². The lowest BCUT2D eigenvalue weighted by Gasteiger charge is -2.23. The first-order valence-electron chi connectivity index (χ1n) is 4.95. The topological polar surface area (TPSA) is 63.8 Å². The number of rotatable bonds is 4. The van der Waals surface area contributed by atoms with Crippen molar-refractivity contribution >= 4 is 33.9 Å². The molecule has 2 heterocycles. The van der Waals surface area contributed by atoms with Gasteiger partial charge in [-0.15, -0.1) is 11.3 Å². The summed E-state index contributed by atoms with van der Waals surface area (Å²) in [7, 11) is 0. The van der Waals surface area contributed by atoms with Gasteiger partial charge in [0.15, 0.2) is 0 Å². The Morgan fingerprint density at radius 2 is 2.31 bits per heavy atom. The minimum absolute atomic E-state index is 0.0919. The van der Waals surface area contributed by atoms with E-state index < -0.39 is 0 Å². The molecule has 6 heteroatoms. The SMILES string of the molecule is CC(C)(CNc1nc(N)ns1)c1cccs1. The second-order valence-corrected chi connectivity index (χ2v) is 5.87. The smallest absolute Gasteiger partial charge is 0.233 e. The van der Waals surface area contributed by atoms with Crippen molar-refractivity contribution in [1.82, 2.24) is 9.36 Å². The largest absolute Gasteiger partial charge is 0.367 e. The summed E-state index contributed by atoms with van der Waals surface area (Å²) in [6, 6.07) is 4.23. The van der Waals surface area contributed by atoms with E-state index in [4.69, 9.17) is 5.73 Å². The summed E-state index contributed by atoms with van der Waals surface area (Å²) in [5.41, 5.74) is 5.55. The fraction of sp³-hybridized carbons (Fsp3) is 0.400. The Balaban J connectivity index is 2.00. The molecular weight excluding hydrogens is 240 g/mol. The van der Waals surface area contributed by atoms with Crippen LogP contribution in [0.3, 0.4) is 0 Å². The van der Waals surface area contributed by atoms with Gasteiger partial charge >= 0.3 is 0 Å². The Kier molecular flexibility index (Phi) is 3.11. The van der Waals surface area contributed by atoms with E-state index in [1.807, 2.05) is 0 Å². The molecule has 0 aliphatic carbocycles. The number of thiophene rings is 1. The van der Waals surface area contributed by atoms with Gasteiger partial charge in [-0.05, 0) is 11.4 Å². The standard InChI is InChI=1S/C10H14N4S2/c1-10(2,7-4-3-5-15-7)6-12-9-13-8(11)14-16-9/h3-5H,6H2,1-2H3,(H3,11,12,13,14). The van der Waals surface area contributed by atoms with Crippen LogP contribution in [0.1, 0.15) is 18.7 Å². The molecule has 0 aliphatic heterocycles. The Labute approximate surface area is 103 Å². The number of nitrogens with one attached hydrogen (secondary N) is 1. The summed E-state index contributed by atoms with van der Waals surface area (Å²) in [4.78, 5) is 5.43. The Morgan fingerprint density at radius 3 is 2.88 bits per heavy atom. The van der Waals surface area contributed by atoms with E-state index in [1.54, 1.807) is 11.3 Å². The van der Waals surface area contributed by atoms with Crippen LogP contribution in [-0.4, -0.2) is 15.9 Å². The van der Waals surface area contributed by atoms with Crippen molar-refractivity contribution in [2.75, 3.05) is 17.6 Å². The third-order valence-electron chi connectivity index (χ3n) is 2.31. The lowest BCUT2D eigenvalue weighted by molar-refractivity contribution is 0.569. The van der Waals surface area contributed by atoms with Crippen LogP contribution in [-0.2, 0) is 5.41 Å². The number of nitrogens with two attached hydrogens (primary N) is 1. The fourth-order valence-electron chi connectivity index (χ4n) is 1.35. The van der Waals surface area contributed by atoms with E-state index in [2.05, 4.69) is 46.0 Å². The average Bonchev–Trinajstić information content (AvgIpc) is 2.85. The highest BCUT2D eigenvalue weighted by Crippen LogP contribution is 2.28. The molecule has 0 saturated heterocycles. The number of nitrogen functional groups attached to an aromatic ring is 1. The highest BCUT2D eigenvalue weighted by molar-refractivity contribution is 7.10. The predicted octanol–water partition coefficient (Wildman–Crippen LogP) is 2.57. The van der Waals surface area contributed by atoms with Crippen LogP contribution < -0.4 is 11.1 Å². The van der Waals surface area contributed by atoms with Gasteiger partial charge in [-0.2, -0.15) is 9.36 Å². The monoisotopic (exact) mass is 254 g/mol. The van der Waals surface area contributed by atoms with Crippen molar-refractivity contribution in [2.45, 2.75) is 19.3 Å². The van der Waals surface area contributed by atoms with Gasteiger partial charge in [0.1, 0.15) is 0 Å². The van der Waals surface area contributed by atoms with Gasteiger partial charge in [-0.25, -0.2) is 0 Å². The molecule has 0 saturated carbocycles. The van der Waals surface area contributed by atoms with E-state index in [-0.39, 0.29) is 5.41 Å². The zero-order valence-electron chi connectivity index (χ0n) is 9.23. The lowest BCUT2D eigenvalue weighted by Crippen LogP contribution is -2.26. The number of hydrogen-bond donors (Lipinski definition) is 2. The van der Waals surface area contributed by atoms with Gasteiger partial charge in [-0.1, -0.05) is 19.9 Å². The summed E-state index contributed by atoms with van der Waals surface area (Å²) in [5.74, 6) is 0.335. The molecule has 86 valence electrons. The van der Waals surface area contributed by atoms with Gasteiger partial charge in [0.05, 0.1) is 0 Å². The fourth-order valence-corrected chi connectivity index (χ4v) is 2.70. The molecule has 0 amide bonds. The lowest BCUT2D eigenvalue weighted by atomic mass is 9.91. The average molecular weight is 254 g/mol. The maximum absolute atomic E-state index is 5.46. The van der Waals surface area contributed by atoms with E-state index in [1.165, 1.54) is 16.4 Å². The van der Waals surface area contributed by atoms with Crippen molar-refractivity contribution in [2.24, 2.45) is 0 Å². The molecule has 0 aliphatic rings. The van der Waals surface area contributed by atoms with E-state index in [0.29, 0.717) is 5.95 Å². The summed E-state index contributed by atoms with van der Waals surface area (Å²) < 4.78 is 3.93. The van der Waals surface area contributed by atoms with Crippen LogP contribution in [0.5, 0.6) is 0 Å². The Morgan fingerprint density at radius 1 is 1.50 bits per heavy atom. The molecule has 2 aromatic heterocycles. The number of aromatic nitrogens is 2. The highest BCUT2D eigenvalue weighted by atomic mass is 32.1. The number of anilines is 2. The highest BCUT2D eigenvalue weighted by Gasteiger charge is 2.21. The zero-order valence-corrected chi connectivity index (χ0v) is 10.9. The van der Waals surface area contributed by atoms with Crippen molar-refractivity contribution < 1.29 is 0 Å². The Hall–Kier alpha value is -1.14. The summed E-state index contributed by atoms with van der Waals surface area (Å²) in [6.45, 7) is 5.23. The molecule has 16 heavy (non-hydrogen) atoms. The number of nitrogens with zero attached hydrogens (tertiary/aromatic N) is 2. The molecule has 0 atom stereocenters. The van der Waals surface area contributed by atoms with Gasteiger partial charge in [0, 0.05) is 28.4 Å². The third kappa shape index (κ3) is 2.51. The second kappa shape index (κ2) is 4.39. The van der Waals surface area contributed by atoms with E-state index in [0.717, 1.165) is 11.7 Å². The van der Waals surface area contributed by atoms with E-state index in [9.17, 15) is 0 Å².